The highest BCUT2D eigenvalue weighted by Gasteiger charge is 2.29. The van der Waals surface area contributed by atoms with Gasteiger partial charge in [-0.15, -0.1) is 0 Å². The molecule has 1 aliphatic heterocycles. The second-order valence-corrected chi connectivity index (χ2v) is 15.5. The molecule has 12 rings (SSSR count). The standard InChI is InChI=1S/C51H31N5S/c1-4-14-32(15-5-1)34-26-27-36-31-37(29-28-35(36)30-34)49-52-48(33-16-6-2-7-17-33)53-50(54-49)40-21-12-23-42-45(40)46-39-20-13-25-44-47(39)56(41-22-10-11-24-43(41)57-44)51(46)55(42)38-18-8-3-9-19-38/h1-31H. The third kappa shape index (κ3) is 5.01. The quantitative estimate of drug-likeness (QED) is 0.176. The Morgan fingerprint density at radius 2 is 1.02 bits per heavy atom. The molecule has 266 valence electrons. The summed E-state index contributed by atoms with van der Waals surface area (Å²) >= 11 is 1.84. The van der Waals surface area contributed by atoms with Crippen LogP contribution < -0.4 is 0 Å². The summed E-state index contributed by atoms with van der Waals surface area (Å²) in [7, 11) is 0. The fraction of sp³-hybridized carbons (Fsp3) is 0. The van der Waals surface area contributed by atoms with Gasteiger partial charge in [0.05, 0.1) is 16.7 Å². The molecule has 0 atom stereocenters. The average Bonchev–Trinajstić information content (AvgIpc) is 3.81. The topological polar surface area (TPSA) is 48.5 Å². The van der Waals surface area contributed by atoms with Gasteiger partial charge >= 0.3 is 0 Å². The van der Waals surface area contributed by atoms with Crippen molar-refractivity contribution in [3.05, 3.63) is 188 Å². The zero-order valence-electron chi connectivity index (χ0n) is 30.5. The zero-order chi connectivity index (χ0) is 37.5. The summed E-state index contributed by atoms with van der Waals surface area (Å²) in [5, 5.41) is 5.80. The zero-order valence-corrected chi connectivity index (χ0v) is 31.4. The van der Waals surface area contributed by atoms with Crippen LogP contribution in [-0.2, 0) is 0 Å². The number of nitrogens with zero attached hydrogens (tertiary/aromatic N) is 5. The summed E-state index contributed by atoms with van der Waals surface area (Å²) in [5.41, 5.74) is 11.0. The van der Waals surface area contributed by atoms with Crippen molar-refractivity contribution in [3.63, 3.8) is 0 Å². The van der Waals surface area contributed by atoms with Crippen molar-refractivity contribution < 1.29 is 0 Å². The Labute approximate surface area is 332 Å². The normalized spacial score (nSPS) is 12.1. The third-order valence-electron chi connectivity index (χ3n) is 11.1. The highest BCUT2D eigenvalue weighted by molar-refractivity contribution is 7.99. The molecular weight excluding hydrogens is 715 g/mol. The van der Waals surface area contributed by atoms with Gasteiger partial charge in [-0.1, -0.05) is 151 Å². The molecule has 0 fully saturated rings. The van der Waals surface area contributed by atoms with E-state index >= 15 is 0 Å². The molecule has 0 unspecified atom stereocenters. The van der Waals surface area contributed by atoms with Crippen molar-refractivity contribution in [1.29, 1.82) is 0 Å². The third-order valence-corrected chi connectivity index (χ3v) is 12.2. The molecule has 1 aliphatic rings. The summed E-state index contributed by atoms with van der Waals surface area (Å²) in [5.74, 6) is 1.91. The summed E-state index contributed by atoms with van der Waals surface area (Å²) in [6, 6.07) is 66.5. The SMILES string of the molecule is c1ccc(-c2ccc3cc(-c4nc(-c5ccccc5)nc(-c5cccc6c5c5c7cccc8c7n(c5n6-c5ccccc5)-c5ccccc5S8)n4)ccc3c2)cc1. The van der Waals surface area contributed by atoms with E-state index in [2.05, 4.69) is 179 Å². The van der Waals surface area contributed by atoms with E-state index < -0.39 is 0 Å². The lowest BCUT2D eigenvalue weighted by Gasteiger charge is -2.21. The lowest BCUT2D eigenvalue weighted by atomic mass is 10.00. The van der Waals surface area contributed by atoms with Crippen LogP contribution in [0.4, 0.5) is 0 Å². The molecule has 0 radical (unpaired) electrons. The van der Waals surface area contributed by atoms with Gasteiger partial charge in [0.2, 0.25) is 0 Å². The van der Waals surface area contributed by atoms with E-state index in [1.165, 1.54) is 48.3 Å². The first-order valence-corrected chi connectivity index (χ1v) is 19.9. The van der Waals surface area contributed by atoms with E-state index in [1.807, 2.05) is 30.0 Å². The molecule has 8 aromatic carbocycles. The number of para-hydroxylation sites is 3. The molecule has 0 aliphatic carbocycles. The molecule has 0 amide bonds. The van der Waals surface area contributed by atoms with Gasteiger partial charge in [0, 0.05) is 48.3 Å². The first kappa shape index (κ1) is 32.0. The molecule has 0 saturated carbocycles. The van der Waals surface area contributed by atoms with Gasteiger partial charge in [-0.3, -0.25) is 9.13 Å². The van der Waals surface area contributed by atoms with E-state index in [9.17, 15) is 0 Å². The molecule has 0 spiro atoms. The van der Waals surface area contributed by atoms with Gasteiger partial charge in [-0.25, -0.2) is 15.0 Å². The summed E-state index contributed by atoms with van der Waals surface area (Å²) in [6.45, 7) is 0. The number of hydrogen-bond donors (Lipinski definition) is 0. The van der Waals surface area contributed by atoms with E-state index in [-0.39, 0.29) is 0 Å². The Kier molecular flexibility index (Phi) is 7.09. The molecule has 57 heavy (non-hydrogen) atoms. The second kappa shape index (κ2) is 12.6. The monoisotopic (exact) mass is 745 g/mol. The second-order valence-electron chi connectivity index (χ2n) is 14.4. The number of benzene rings is 8. The van der Waals surface area contributed by atoms with E-state index in [1.54, 1.807) is 0 Å². The largest absolute Gasteiger partial charge is 0.295 e. The maximum Gasteiger partial charge on any atom is 0.164 e. The predicted octanol–water partition coefficient (Wildman–Crippen LogP) is 13.2. The highest BCUT2D eigenvalue weighted by atomic mass is 32.2. The Morgan fingerprint density at radius 3 is 1.81 bits per heavy atom. The molecule has 5 nitrogen and oxygen atoms in total. The van der Waals surface area contributed by atoms with Crippen molar-refractivity contribution >= 4 is 55.4 Å². The number of aromatic nitrogens is 5. The van der Waals surface area contributed by atoms with E-state index in [0.29, 0.717) is 17.5 Å². The molecule has 0 saturated heterocycles. The van der Waals surface area contributed by atoms with Crippen molar-refractivity contribution in [1.82, 2.24) is 24.1 Å². The summed E-state index contributed by atoms with van der Waals surface area (Å²) in [6.07, 6.45) is 0. The molecule has 11 aromatic rings. The Balaban J connectivity index is 1.14. The molecule has 6 heteroatoms. The minimum absolute atomic E-state index is 0.636. The lowest BCUT2D eigenvalue weighted by Crippen LogP contribution is -2.05. The fourth-order valence-corrected chi connectivity index (χ4v) is 9.67. The van der Waals surface area contributed by atoms with Crippen LogP contribution in [0.15, 0.2) is 198 Å². The minimum atomic E-state index is 0.636. The Hall–Kier alpha value is -7.28. The van der Waals surface area contributed by atoms with Gasteiger partial charge in [0.25, 0.3) is 0 Å². The van der Waals surface area contributed by atoms with E-state index in [0.717, 1.165) is 44.3 Å². The van der Waals surface area contributed by atoms with Crippen molar-refractivity contribution in [2.45, 2.75) is 9.79 Å². The average molecular weight is 746 g/mol. The van der Waals surface area contributed by atoms with Crippen LogP contribution in [-0.4, -0.2) is 24.1 Å². The fourth-order valence-electron chi connectivity index (χ4n) is 8.58. The minimum Gasteiger partial charge on any atom is -0.295 e. The molecule has 0 bridgehead atoms. The molecule has 3 aromatic heterocycles. The van der Waals surface area contributed by atoms with Crippen LogP contribution in [0.3, 0.4) is 0 Å². The van der Waals surface area contributed by atoms with Gasteiger partial charge in [-0.2, -0.15) is 0 Å². The van der Waals surface area contributed by atoms with Gasteiger partial charge < -0.3 is 0 Å². The Bertz CT molecular complexity index is 3370. The van der Waals surface area contributed by atoms with Crippen LogP contribution in [0.2, 0.25) is 0 Å². The number of fused-ring (bicyclic) bond motifs is 8. The highest BCUT2D eigenvalue weighted by Crippen LogP contribution is 2.50. The van der Waals surface area contributed by atoms with Gasteiger partial charge in [0.1, 0.15) is 5.65 Å². The maximum absolute atomic E-state index is 5.34. The maximum atomic E-state index is 5.34. The van der Waals surface area contributed by atoms with Crippen LogP contribution in [0.5, 0.6) is 0 Å². The molecule has 0 N–H and O–H groups in total. The molecule has 4 heterocycles. The van der Waals surface area contributed by atoms with Crippen LogP contribution in [0.25, 0.3) is 100 Å². The number of hydrogen-bond acceptors (Lipinski definition) is 4. The van der Waals surface area contributed by atoms with Crippen molar-refractivity contribution in [2.24, 2.45) is 0 Å². The van der Waals surface area contributed by atoms with Gasteiger partial charge in [0.15, 0.2) is 17.5 Å². The summed E-state index contributed by atoms with van der Waals surface area (Å²) < 4.78 is 4.88. The Morgan fingerprint density at radius 1 is 0.404 bits per heavy atom. The molecular formula is C51H31N5S. The van der Waals surface area contributed by atoms with E-state index in [4.69, 9.17) is 15.0 Å². The van der Waals surface area contributed by atoms with Gasteiger partial charge in [-0.05, 0) is 70.4 Å². The predicted molar refractivity (Wildman–Crippen MR) is 234 cm³/mol. The van der Waals surface area contributed by atoms with Crippen LogP contribution in [0.1, 0.15) is 0 Å². The smallest absolute Gasteiger partial charge is 0.164 e. The first-order valence-electron chi connectivity index (χ1n) is 19.1. The number of rotatable bonds is 5. The van der Waals surface area contributed by atoms with Crippen molar-refractivity contribution in [2.75, 3.05) is 0 Å². The van der Waals surface area contributed by atoms with Crippen LogP contribution >= 0.6 is 11.8 Å². The lowest BCUT2D eigenvalue weighted by molar-refractivity contribution is 1.03. The first-order chi connectivity index (χ1) is 28.3. The van der Waals surface area contributed by atoms with Crippen molar-refractivity contribution in [3.8, 4) is 56.7 Å². The van der Waals surface area contributed by atoms with Crippen LogP contribution in [0, 0.1) is 0 Å². The summed E-state index contributed by atoms with van der Waals surface area (Å²) in [4.78, 5) is 18.2.